The van der Waals surface area contributed by atoms with E-state index in [0.717, 1.165) is 18.6 Å². The minimum atomic E-state index is -0.909. The Hall–Kier alpha value is -1.88. The van der Waals surface area contributed by atoms with Crippen molar-refractivity contribution in [1.29, 1.82) is 0 Å². The van der Waals surface area contributed by atoms with Crippen molar-refractivity contribution in [3.8, 4) is 5.75 Å². The second kappa shape index (κ2) is 9.36. The van der Waals surface area contributed by atoms with Gasteiger partial charge in [0.1, 0.15) is 18.1 Å². The van der Waals surface area contributed by atoms with Crippen LogP contribution in [0, 0.1) is 5.92 Å². The van der Waals surface area contributed by atoms with Gasteiger partial charge in [0.25, 0.3) is 0 Å². The van der Waals surface area contributed by atoms with E-state index in [4.69, 9.17) is 14.2 Å². The van der Waals surface area contributed by atoms with Gasteiger partial charge in [0.05, 0.1) is 19.8 Å². The number of rotatable bonds is 7. The maximum atomic E-state index is 14.0. The second-order valence-corrected chi connectivity index (χ2v) is 7.27. The van der Waals surface area contributed by atoms with Gasteiger partial charge in [-0.25, -0.2) is 8.78 Å². The quantitative estimate of drug-likeness (QED) is 0.567. The first-order chi connectivity index (χ1) is 13.1. The van der Waals surface area contributed by atoms with Crippen LogP contribution in [0.1, 0.15) is 57.1 Å². The summed E-state index contributed by atoms with van der Waals surface area (Å²) in [6.45, 7) is 3.07. The van der Waals surface area contributed by atoms with Crippen LogP contribution >= 0.6 is 0 Å². The van der Waals surface area contributed by atoms with E-state index in [0.29, 0.717) is 30.1 Å². The van der Waals surface area contributed by atoms with Gasteiger partial charge in [0.2, 0.25) is 0 Å². The molecule has 1 saturated heterocycles. The third kappa shape index (κ3) is 4.89. The summed E-state index contributed by atoms with van der Waals surface area (Å²) in [7, 11) is 1.35. The average molecular weight is 378 g/mol. The minimum Gasteiger partial charge on any atom is -0.498 e. The molecule has 1 fully saturated rings. The van der Waals surface area contributed by atoms with E-state index in [2.05, 4.69) is 6.92 Å². The van der Waals surface area contributed by atoms with Crippen LogP contribution in [0.3, 0.4) is 0 Å². The van der Waals surface area contributed by atoms with Gasteiger partial charge in [-0.2, -0.15) is 0 Å². The van der Waals surface area contributed by atoms with Crippen LogP contribution < -0.4 is 4.74 Å². The summed E-state index contributed by atoms with van der Waals surface area (Å²) in [5, 5.41) is 0. The Morgan fingerprint density at radius 2 is 1.85 bits per heavy atom. The van der Waals surface area contributed by atoms with E-state index in [1.165, 1.54) is 26.4 Å². The molecule has 0 saturated carbocycles. The van der Waals surface area contributed by atoms with Crippen LogP contribution in [0.15, 0.2) is 47.3 Å². The lowest BCUT2D eigenvalue weighted by molar-refractivity contribution is -0.0194. The fraction of sp³-hybridized carbons (Fsp3) is 0.545. The van der Waals surface area contributed by atoms with Gasteiger partial charge >= 0.3 is 0 Å². The molecular formula is C22H28F2O3. The van der Waals surface area contributed by atoms with Crippen LogP contribution in [-0.4, -0.2) is 20.3 Å². The molecule has 3 nitrogen and oxygen atoms in total. The summed E-state index contributed by atoms with van der Waals surface area (Å²) in [5.41, 5.74) is 1.47. The predicted molar refractivity (Wildman–Crippen MR) is 101 cm³/mol. The first-order valence-corrected chi connectivity index (χ1v) is 9.77. The van der Waals surface area contributed by atoms with Gasteiger partial charge in [0.15, 0.2) is 11.7 Å². The first-order valence-electron chi connectivity index (χ1n) is 9.77. The minimum absolute atomic E-state index is 0.0359. The van der Waals surface area contributed by atoms with Crippen molar-refractivity contribution in [2.75, 3.05) is 20.3 Å². The van der Waals surface area contributed by atoms with Crippen molar-refractivity contribution in [3.05, 3.63) is 52.8 Å². The molecule has 0 radical (unpaired) electrons. The zero-order chi connectivity index (χ0) is 19.2. The highest BCUT2D eigenvalue weighted by atomic mass is 19.2. The van der Waals surface area contributed by atoms with Gasteiger partial charge in [-0.05, 0) is 49.3 Å². The number of ether oxygens (including phenoxy) is 3. The normalized spacial score (nSPS) is 23.6. The summed E-state index contributed by atoms with van der Waals surface area (Å²) >= 11 is 0. The molecule has 148 valence electrons. The molecule has 1 aromatic rings. The Labute approximate surface area is 160 Å². The number of halogens is 2. The molecule has 1 aliphatic heterocycles. The van der Waals surface area contributed by atoms with Crippen molar-refractivity contribution in [3.63, 3.8) is 0 Å². The average Bonchev–Trinajstić information content (AvgIpc) is 2.70. The summed E-state index contributed by atoms with van der Waals surface area (Å²) < 4.78 is 44.4. The van der Waals surface area contributed by atoms with E-state index in [1.54, 1.807) is 0 Å². The molecule has 1 aliphatic carbocycles. The molecule has 0 N–H and O–H groups in total. The third-order valence-corrected chi connectivity index (χ3v) is 5.38. The van der Waals surface area contributed by atoms with Gasteiger partial charge in [-0.1, -0.05) is 25.5 Å². The maximum Gasteiger partial charge on any atom is 0.196 e. The molecule has 1 heterocycles. The van der Waals surface area contributed by atoms with Crippen LogP contribution in [0.2, 0.25) is 0 Å². The monoisotopic (exact) mass is 378 g/mol. The molecule has 27 heavy (non-hydrogen) atoms. The number of methoxy groups -OCH3 is 1. The van der Waals surface area contributed by atoms with Gasteiger partial charge in [0, 0.05) is 12.0 Å². The Morgan fingerprint density at radius 3 is 2.48 bits per heavy atom. The Morgan fingerprint density at radius 1 is 1.07 bits per heavy atom. The fourth-order valence-electron chi connectivity index (χ4n) is 3.74. The van der Waals surface area contributed by atoms with Crippen molar-refractivity contribution in [2.45, 2.75) is 51.6 Å². The van der Waals surface area contributed by atoms with Gasteiger partial charge < -0.3 is 14.2 Å². The molecule has 2 aliphatic rings. The molecule has 0 amide bonds. The van der Waals surface area contributed by atoms with Crippen molar-refractivity contribution in [1.82, 2.24) is 0 Å². The Kier molecular flexibility index (Phi) is 6.89. The van der Waals surface area contributed by atoms with Crippen LogP contribution in [0.5, 0.6) is 5.75 Å². The lowest BCUT2D eigenvalue weighted by atomic mass is 9.92. The van der Waals surface area contributed by atoms with E-state index in [1.807, 2.05) is 24.3 Å². The van der Waals surface area contributed by atoms with E-state index >= 15 is 0 Å². The van der Waals surface area contributed by atoms with E-state index in [-0.39, 0.29) is 18.5 Å². The number of benzene rings is 1. The molecule has 2 atom stereocenters. The van der Waals surface area contributed by atoms with Crippen LogP contribution in [-0.2, 0) is 9.47 Å². The van der Waals surface area contributed by atoms with Crippen molar-refractivity contribution in [2.24, 2.45) is 5.92 Å². The third-order valence-electron chi connectivity index (χ3n) is 5.38. The number of allylic oxidation sites excluding steroid dienone is 3. The summed E-state index contributed by atoms with van der Waals surface area (Å²) in [4.78, 5) is 0. The highest BCUT2D eigenvalue weighted by Gasteiger charge is 2.24. The molecule has 5 heteroatoms. The van der Waals surface area contributed by atoms with E-state index < -0.39 is 11.7 Å². The van der Waals surface area contributed by atoms with Crippen LogP contribution in [0.4, 0.5) is 8.78 Å². The first kappa shape index (κ1) is 19.9. The lowest BCUT2D eigenvalue weighted by Gasteiger charge is -2.29. The molecule has 0 bridgehead atoms. The standard InChI is InChI=1S/C22H28F2O3/c1-3-4-15-5-11-19(27-13-15)16-6-9-18(10-7-16)26-14-17-8-12-20(25-2)22(24)21(17)23/h6-7,9-10,15,19H,3-5,8,11-14H2,1-2H3. The number of hydrogen-bond acceptors (Lipinski definition) is 3. The molecule has 1 aromatic carbocycles. The van der Waals surface area contributed by atoms with Crippen molar-refractivity contribution >= 4 is 0 Å². The highest BCUT2D eigenvalue weighted by molar-refractivity contribution is 5.34. The molecule has 0 aromatic heterocycles. The number of hydrogen-bond donors (Lipinski definition) is 0. The fourth-order valence-corrected chi connectivity index (χ4v) is 3.74. The SMILES string of the molecule is CCCC1CCC(c2ccc(OCC3=C(F)C(F)=C(OC)CC3)cc2)OC1. The van der Waals surface area contributed by atoms with Gasteiger partial charge in [-0.3, -0.25) is 0 Å². The largest absolute Gasteiger partial charge is 0.498 e. The van der Waals surface area contributed by atoms with E-state index in [9.17, 15) is 8.78 Å². The molecule has 3 rings (SSSR count). The van der Waals surface area contributed by atoms with Crippen molar-refractivity contribution < 1.29 is 23.0 Å². The Balaban J connectivity index is 1.54. The van der Waals surface area contributed by atoms with Crippen LogP contribution in [0.25, 0.3) is 0 Å². The predicted octanol–water partition coefficient (Wildman–Crippen LogP) is 6.18. The smallest absolute Gasteiger partial charge is 0.196 e. The zero-order valence-corrected chi connectivity index (χ0v) is 16.1. The maximum absolute atomic E-state index is 14.0. The Bertz CT molecular complexity index is 686. The lowest BCUT2D eigenvalue weighted by Crippen LogP contribution is -2.20. The van der Waals surface area contributed by atoms with Gasteiger partial charge in [-0.15, -0.1) is 0 Å². The summed E-state index contributed by atoms with van der Waals surface area (Å²) in [6.07, 6.45) is 5.56. The zero-order valence-electron chi connectivity index (χ0n) is 16.1. The molecule has 2 unspecified atom stereocenters. The second-order valence-electron chi connectivity index (χ2n) is 7.27. The topological polar surface area (TPSA) is 27.7 Å². The summed E-state index contributed by atoms with van der Waals surface area (Å²) in [6, 6.07) is 7.72. The molecule has 0 spiro atoms. The molecular weight excluding hydrogens is 350 g/mol. The summed E-state index contributed by atoms with van der Waals surface area (Å²) in [5.74, 6) is -0.379. The highest BCUT2D eigenvalue weighted by Crippen LogP contribution is 2.34.